The molecule has 1 aromatic heterocycles. The van der Waals surface area contributed by atoms with Crippen molar-refractivity contribution in [2.24, 2.45) is 0 Å². The van der Waals surface area contributed by atoms with Gasteiger partial charge in [-0.1, -0.05) is 30.3 Å². The fourth-order valence-electron chi connectivity index (χ4n) is 2.18. The van der Waals surface area contributed by atoms with E-state index in [2.05, 4.69) is 26.2 Å². The molecule has 104 valence electrons. The van der Waals surface area contributed by atoms with Gasteiger partial charge >= 0.3 is 0 Å². The SMILES string of the molecule is CN1c2nc(N)n(Cc3ccccc3)c(=O)c2NC1Br. The van der Waals surface area contributed by atoms with Gasteiger partial charge in [0.25, 0.3) is 5.56 Å². The monoisotopic (exact) mass is 335 g/mol. The highest BCUT2D eigenvalue weighted by atomic mass is 79.9. The average molecular weight is 336 g/mol. The Labute approximate surface area is 124 Å². The maximum atomic E-state index is 12.5. The summed E-state index contributed by atoms with van der Waals surface area (Å²) in [5.74, 6) is 0.784. The summed E-state index contributed by atoms with van der Waals surface area (Å²) in [5.41, 5.74) is 7.25. The molecule has 7 heteroatoms. The van der Waals surface area contributed by atoms with Crippen LogP contribution in [0.5, 0.6) is 0 Å². The van der Waals surface area contributed by atoms with Gasteiger partial charge in [0.2, 0.25) is 5.95 Å². The average Bonchev–Trinajstić information content (AvgIpc) is 2.73. The molecular weight excluding hydrogens is 322 g/mol. The lowest BCUT2D eigenvalue weighted by atomic mass is 10.2. The van der Waals surface area contributed by atoms with Gasteiger partial charge in [0.1, 0.15) is 5.69 Å². The highest BCUT2D eigenvalue weighted by molar-refractivity contribution is 9.09. The van der Waals surface area contributed by atoms with E-state index in [1.54, 1.807) is 0 Å². The predicted octanol–water partition coefficient (Wildman–Crippen LogP) is 1.41. The van der Waals surface area contributed by atoms with E-state index in [4.69, 9.17) is 5.73 Å². The van der Waals surface area contributed by atoms with Gasteiger partial charge in [-0.3, -0.25) is 9.36 Å². The van der Waals surface area contributed by atoms with Crippen molar-refractivity contribution in [1.82, 2.24) is 9.55 Å². The fraction of sp³-hybridized carbons (Fsp3) is 0.231. The van der Waals surface area contributed by atoms with Gasteiger partial charge in [-0.2, -0.15) is 4.98 Å². The molecule has 0 saturated heterocycles. The number of nitrogens with one attached hydrogen (secondary N) is 1. The molecule has 0 saturated carbocycles. The molecule has 0 spiro atoms. The van der Waals surface area contributed by atoms with Crippen LogP contribution in [-0.4, -0.2) is 21.7 Å². The van der Waals surface area contributed by atoms with Crippen LogP contribution >= 0.6 is 15.9 Å². The molecule has 1 aliphatic heterocycles. The quantitative estimate of drug-likeness (QED) is 0.641. The third-order valence-corrected chi connectivity index (χ3v) is 4.14. The maximum absolute atomic E-state index is 12.5. The second kappa shape index (κ2) is 4.82. The molecule has 1 aromatic carbocycles. The lowest BCUT2D eigenvalue weighted by molar-refractivity contribution is 0.756. The zero-order valence-corrected chi connectivity index (χ0v) is 12.5. The Morgan fingerprint density at radius 2 is 2.10 bits per heavy atom. The molecule has 20 heavy (non-hydrogen) atoms. The Balaban J connectivity index is 2.06. The first-order valence-electron chi connectivity index (χ1n) is 6.15. The van der Waals surface area contributed by atoms with Crippen molar-refractivity contribution in [3.63, 3.8) is 0 Å². The lowest BCUT2D eigenvalue weighted by Gasteiger charge is -2.15. The largest absolute Gasteiger partial charge is 0.369 e. The predicted molar refractivity (Wildman–Crippen MR) is 83.2 cm³/mol. The molecule has 1 atom stereocenters. The van der Waals surface area contributed by atoms with E-state index in [1.807, 2.05) is 42.3 Å². The Hall–Kier alpha value is -2.02. The van der Waals surface area contributed by atoms with Crippen LogP contribution in [0, 0.1) is 0 Å². The van der Waals surface area contributed by atoms with Crippen LogP contribution in [-0.2, 0) is 6.54 Å². The zero-order valence-electron chi connectivity index (χ0n) is 10.9. The molecular formula is C13H14BrN5O. The van der Waals surface area contributed by atoms with Crippen LogP contribution in [0.15, 0.2) is 35.1 Å². The van der Waals surface area contributed by atoms with E-state index < -0.39 is 0 Å². The number of fused-ring (bicyclic) bond motifs is 1. The first-order chi connectivity index (χ1) is 9.58. The molecule has 0 amide bonds. The van der Waals surface area contributed by atoms with Crippen molar-refractivity contribution in [2.75, 3.05) is 23.0 Å². The Bertz CT molecular complexity index is 700. The van der Waals surface area contributed by atoms with E-state index in [0.29, 0.717) is 18.1 Å². The van der Waals surface area contributed by atoms with E-state index in [1.165, 1.54) is 4.57 Å². The lowest BCUT2D eigenvalue weighted by Crippen LogP contribution is -2.26. The molecule has 6 nitrogen and oxygen atoms in total. The van der Waals surface area contributed by atoms with Crippen molar-refractivity contribution < 1.29 is 0 Å². The summed E-state index contributed by atoms with van der Waals surface area (Å²) in [6.07, 6.45) is 0. The van der Waals surface area contributed by atoms with Crippen LogP contribution in [0.25, 0.3) is 0 Å². The van der Waals surface area contributed by atoms with E-state index in [-0.39, 0.29) is 16.6 Å². The molecule has 1 unspecified atom stereocenters. The van der Waals surface area contributed by atoms with Crippen LogP contribution in [0.1, 0.15) is 5.56 Å². The molecule has 0 bridgehead atoms. The van der Waals surface area contributed by atoms with Crippen LogP contribution < -0.4 is 21.5 Å². The third-order valence-electron chi connectivity index (χ3n) is 3.30. The van der Waals surface area contributed by atoms with Crippen molar-refractivity contribution in [3.05, 3.63) is 46.2 Å². The zero-order chi connectivity index (χ0) is 14.3. The summed E-state index contributed by atoms with van der Waals surface area (Å²) in [6.45, 7) is 0.407. The van der Waals surface area contributed by atoms with E-state index >= 15 is 0 Å². The highest BCUT2D eigenvalue weighted by Gasteiger charge is 2.29. The van der Waals surface area contributed by atoms with Gasteiger partial charge in [-0.05, 0) is 21.5 Å². The van der Waals surface area contributed by atoms with E-state index in [9.17, 15) is 4.79 Å². The summed E-state index contributed by atoms with van der Waals surface area (Å²) in [4.78, 5) is 18.6. The third kappa shape index (κ3) is 2.03. The molecule has 0 aliphatic carbocycles. The van der Waals surface area contributed by atoms with Gasteiger partial charge in [0, 0.05) is 7.05 Å². The van der Waals surface area contributed by atoms with Gasteiger partial charge in [-0.25, -0.2) is 0 Å². The fourth-order valence-corrected chi connectivity index (χ4v) is 2.61. The van der Waals surface area contributed by atoms with Crippen molar-refractivity contribution in [2.45, 2.75) is 11.6 Å². The summed E-state index contributed by atoms with van der Waals surface area (Å²) in [6, 6.07) is 9.69. The number of rotatable bonds is 2. The summed E-state index contributed by atoms with van der Waals surface area (Å²) in [7, 11) is 1.84. The summed E-state index contributed by atoms with van der Waals surface area (Å²) >= 11 is 3.42. The molecule has 3 rings (SSSR count). The number of hydrogen-bond acceptors (Lipinski definition) is 5. The number of halogens is 1. The van der Waals surface area contributed by atoms with Crippen molar-refractivity contribution in [1.29, 1.82) is 0 Å². The maximum Gasteiger partial charge on any atom is 0.280 e. The first-order valence-corrected chi connectivity index (χ1v) is 7.07. The van der Waals surface area contributed by atoms with Crippen LogP contribution in [0.4, 0.5) is 17.5 Å². The minimum absolute atomic E-state index is 0.148. The number of nitrogens with zero attached hydrogens (tertiary/aromatic N) is 3. The Morgan fingerprint density at radius 3 is 2.80 bits per heavy atom. The first kappa shape index (κ1) is 13.0. The number of hydrogen-bond donors (Lipinski definition) is 2. The van der Waals surface area contributed by atoms with Crippen molar-refractivity contribution >= 4 is 33.4 Å². The number of nitrogens with two attached hydrogens (primary N) is 1. The second-order valence-corrected chi connectivity index (χ2v) is 5.50. The summed E-state index contributed by atoms with van der Waals surface area (Å²) < 4.78 is 1.47. The molecule has 0 fully saturated rings. The van der Waals surface area contributed by atoms with Crippen LogP contribution in [0.2, 0.25) is 0 Å². The standard InChI is InChI=1S/C13H14BrN5O/c1-18-10-9(16-12(18)14)11(20)19(13(15)17-10)7-8-5-3-2-4-6-8/h2-6,12,16H,7H2,1H3,(H2,15,17). The number of anilines is 3. The van der Waals surface area contributed by atoms with Gasteiger partial charge in [0.05, 0.1) is 6.54 Å². The minimum Gasteiger partial charge on any atom is -0.369 e. The second-order valence-electron chi connectivity index (χ2n) is 4.64. The number of nitrogen functional groups attached to an aromatic ring is 1. The Kier molecular flexibility index (Phi) is 3.13. The minimum atomic E-state index is -0.162. The number of alkyl halides is 1. The van der Waals surface area contributed by atoms with Gasteiger partial charge in [-0.15, -0.1) is 0 Å². The molecule has 2 aromatic rings. The molecule has 3 N–H and O–H groups in total. The smallest absolute Gasteiger partial charge is 0.280 e. The number of aromatic nitrogens is 2. The highest BCUT2D eigenvalue weighted by Crippen LogP contribution is 2.31. The van der Waals surface area contributed by atoms with Crippen molar-refractivity contribution in [3.8, 4) is 0 Å². The topological polar surface area (TPSA) is 76.2 Å². The molecule has 1 aliphatic rings. The summed E-state index contributed by atoms with van der Waals surface area (Å²) in [5, 5.41) is 2.91. The molecule has 2 heterocycles. The molecule has 0 radical (unpaired) electrons. The van der Waals surface area contributed by atoms with E-state index in [0.717, 1.165) is 5.56 Å². The van der Waals surface area contributed by atoms with Gasteiger partial charge < -0.3 is 16.0 Å². The Morgan fingerprint density at radius 1 is 1.40 bits per heavy atom. The number of benzene rings is 1. The normalized spacial score (nSPS) is 16.9. The van der Waals surface area contributed by atoms with Crippen LogP contribution in [0.3, 0.4) is 0 Å². The van der Waals surface area contributed by atoms with Gasteiger partial charge in [0.15, 0.2) is 10.9 Å².